The van der Waals surface area contributed by atoms with Crippen LogP contribution in [0.2, 0.25) is 0 Å². The molecule has 1 aromatic carbocycles. The fraction of sp³-hybridized carbons (Fsp3) is 0.524. The van der Waals surface area contributed by atoms with E-state index in [2.05, 4.69) is 79.7 Å². The van der Waals surface area contributed by atoms with E-state index >= 15 is 0 Å². The third kappa shape index (κ3) is 4.65. The van der Waals surface area contributed by atoms with Crippen LogP contribution < -0.4 is 10.6 Å². The summed E-state index contributed by atoms with van der Waals surface area (Å²) in [6.07, 6.45) is 1.71. The molecule has 0 amide bonds. The predicted octanol–water partition coefficient (Wildman–Crippen LogP) is 3.75. The zero-order valence-corrected chi connectivity index (χ0v) is 16.9. The van der Waals surface area contributed by atoms with E-state index in [0.717, 1.165) is 42.4 Å². The Kier molecular flexibility index (Phi) is 6.83. The molecular weight excluding hydrogens is 324 g/mol. The zero-order chi connectivity index (χ0) is 19.2. The number of aliphatic imine (C=N–C) groups is 1. The van der Waals surface area contributed by atoms with Crippen LogP contribution in [-0.2, 0) is 24.8 Å². The number of nitrogens with zero attached hydrogens (tertiary/aromatic N) is 2. The van der Waals surface area contributed by atoms with Crippen LogP contribution in [-0.4, -0.2) is 24.7 Å². The number of hydrogen-bond acceptors (Lipinski definition) is 3. The lowest BCUT2D eigenvalue weighted by atomic mass is 9.82. The fourth-order valence-corrected chi connectivity index (χ4v) is 3.26. The highest BCUT2D eigenvalue weighted by Crippen LogP contribution is 2.25. The molecule has 2 rings (SSSR count). The van der Waals surface area contributed by atoms with Gasteiger partial charge in [-0.1, -0.05) is 57.1 Å². The van der Waals surface area contributed by atoms with Gasteiger partial charge in [0.05, 0.1) is 5.69 Å². The molecule has 0 saturated heterocycles. The van der Waals surface area contributed by atoms with Gasteiger partial charge in [0, 0.05) is 37.5 Å². The predicted molar refractivity (Wildman–Crippen MR) is 108 cm³/mol. The van der Waals surface area contributed by atoms with E-state index in [9.17, 15) is 0 Å². The molecule has 26 heavy (non-hydrogen) atoms. The Hall–Kier alpha value is -2.30. The summed E-state index contributed by atoms with van der Waals surface area (Å²) in [6.45, 7) is 12.3. The summed E-state index contributed by atoms with van der Waals surface area (Å²) in [5.41, 5.74) is 4.83. The van der Waals surface area contributed by atoms with Gasteiger partial charge in [0.15, 0.2) is 5.96 Å². The van der Waals surface area contributed by atoms with E-state index in [-0.39, 0.29) is 5.41 Å². The molecule has 142 valence electrons. The normalized spacial score (nSPS) is 12.3. The number of nitrogens with one attached hydrogen (secondary N) is 2. The summed E-state index contributed by atoms with van der Waals surface area (Å²) in [7, 11) is 1.80. The topological polar surface area (TPSA) is 62.5 Å². The minimum absolute atomic E-state index is 0.00329. The van der Waals surface area contributed by atoms with Gasteiger partial charge in [-0.2, -0.15) is 0 Å². The highest BCUT2D eigenvalue weighted by Gasteiger charge is 2.22. The highest BCUT2D eigenvalue weighted by molar-refractivity contribution is 5.79. The maximum absolute atomic E-state index is 5.44. The van der Waals surface area contributed by atoms with Crippen LogP contribution in [0.15, 0.2) is 33.8 Å². The van der Waals surface area contributed by atoms with Crippen molar-refractivity contribution < 1.29 is 4.52 Å². The minimum Gasteiger partial charge on any atom is -0.361 e. The minimum atomic E-state index is 0.00329. The third-order valence-corrected chi connectivity index (χ3v) is 4.84. The Morgan fingerprint density at radius 2 is 1.88 bits per heavy atom. The first-order valence-electron chi connectivity index (χ1n) is 9.39. The van der Waals surface area contributed by atoms with Crippen molar-refractivity contribution in [2.75, 3.05) is 13.6 Å². The quantitative estimate of drug-likeness (QED) is 0.586. The molecule has 0 bridgehead atoms. The van der Waals surface area contributed by atoms with Crippen molar-refractivity contribution in [2.45, 2.75) is 59.4 Å². The number of benzene rings is 1. The summed E-state index contributed by atoms with van der Waals surface area (Å²) in [4.78, 5) is 4.36. The summed E-state index contributed by atoms with van der Waals surface area (Å²) in [6, 6.07) is 8.54. The first-order chi connectivity index (χ1) is 12.4. The lowest BCUT2D eigenvalue weighted by Gasteiger charge is -2.28. The van der Waals surface area contributed by atoms with Crippen molar-refractivity contribution in [2.24, 2.45) is 4.99 Å². The molecule has 5 heteroatoms. The number of guanidine groups is 1. The van der Waals surface area contributed by atoms with Crippen molar-refractivity contribution in [1.82, 2.24) is 15.8 Å². The van der Waals surface area contributed by atoms with Crippen LogP contribution >= 0.6 is 0 Å². The van der Waals surface area contributed by atoms with Crippen molar-refractivity contribution in [3.63, 3.8) is 0 Å². The molecule has 0 atom stereocenters. The Balaban J connectivity index is 2.00. The highest BCUT2D eigenvalue weighted by atomic mass is 16.5. The third-order valence-electron chi connectivity index (χ3n) is 4.84. The molecular formula is C21H32N4O. The molecule has 0 radical (unpaired) electrons. The van der Waals surface area contributed by atoms with Crippen LogP contribution in [0.1, 0.15) is 55.8 Å². The molecule has 0 fully saturated rings. The molecule has 0 spiro atoms. The fourth-order valence-electron chi connectivity index (χ4n) is 3.26. The number of rotatable bonds is 7. The molecule has 1 heterocycles. The standard InChI is InChI=1S/C21H32N4O/c1-7-18-16(19(8-2)26-25-18)13-23-20(22-6)24-14-21(4,5)17-12-10-9-11-15(17)3/h9-12H,7-8,13-14H2,1-6H3,(H2,22,23,24). The van der Waals surface area contributed by atoms with Gasteiger partial charge in [-0.25, -0.2) is 0 Å². The van der Waals surface area contributed by atoms with Crippen molar-refractivity contribution >= 4 is 5.96 Å². The lowest BCUT2D eigenvalue weighted by Crippen LogP contribution is -2.43. The zero-order valence-electron chi connectivity index (χ0n) is 16.9. The van der Waals surface area contributed by atoms with Gasteiger partial charge in [0.1, 0.15) is 5.76 Å². The van der Waals surface area contributed by atoms with Gasteiger partial charge in [0.25, 0.3) is 0 Å². The van der Waals surface area contributed by atoms with Gasteiger partial charge in [0.2, 0.25) is 0 Å². The molecule has 0 aliphatic heterocycles. The first-order valence-corrected chi connectivity index (χ1v) is 9.39. The van der Waals surface area contributed by atoms with E-state index < -0.39 is 0 Å². The van der Waals surface area contributed by atoms with Gasteiger partial charge >= 0.3 is 0 Å². The van der Waals surface area contributed by atoms with E-state index in [1.165, 1.54) is 11.1 Å². The molecule has 1 aromatic heterocycles. The molecule has 0 aliphatic carbocycles. The van der Waals surface area contributed by atoms with Crippen LogP contribution in [0.25, 0.3) is 0 Å². The molecule has 2 N–H and O–H groups in total. The largest absolute Gasteiger partial charge is 0.361 e. The van der Waals surface area contributed by atoms with Crippen LogP contribution in [0.4, 0.5) is 0 Å². The molecule has 2 aromatic rings. The molecule has 0 unspecified atom stereocenters. The average Bonchev–Trinajstić information content (AvgIpc) is 3.04. The summed E-state index contributed by atoms with van der Waals surface area (Å²) in [5.74, 6) is 1.74. The number of aryl methyl sites for hydroxylation is 3. The summed E-state index contributed by atoms with van der Waals surface area (Å²) < 4.78 is 5.44. The van der Waals surface area contributed by atoms with Crippen molar-refractivity contribution in [3.05, 3.63) is 52.4 Å². The van der Waals surface area contributed by atoms with E-state index in [4.69, 9.17) is 4.52 Å². The second-order valence-corrected chi connectivity index (χ2v) is 7.22. The van der Waals surface area contributed by atoms with Crippen LogP contribution in [0, 0.1) is 6.92 Å². The monoisotopic (exact) mass is 356 g/mol. The Bertz CT molecular complexity index is 725. The summed E-state index contributed by atoms with van der Waals surface area (Å²) >= 11 is 0. The Labute approximate surface area is 157 Å². The van der Waals surface area contributed by atoms with E-state index in [0.29, 0.717) is 6.54 Å². The Morgan fingerprint density at radius 3 is 2.50 bits per heavy atom. The first kappa shape index (κ1) is 20.0. The number of hydrogen-bond donors (Lipinski definition) is 2. The van der Waals surface area contributed by atoms with Crippen LogP contribution in [0.3, 0.4) is 0 Å². The van der Waals surface area contributed by atoms with Gasteiger partial charge in [-0.3, -0.25) is 4.99 Å². The molecule has 5 nitrogen and oxygen atoms in total. The van der Waals surface area contributed by atoms with Gasteiger partial charge in [-0.05, 0) is 24.5 Å². The lowest BCUT2D eigenvalue weighted by molar-refractivity contribution is 0.380. The van der Waals surface area contributed by atoms with E-state index in [1.807, 2.05) is 0 Å². The maximum atomic E-state index is 5.44. The second-order valence-electron chi connectivity index (χ2n) is 7.22. The van der Waals surface area contributed by atoms with Gasteiger partial charge < -0.3 is 15.2 Å². The average molecular weight is 357 g/mol. The number of aromatic nitrogens is 1. The van der Waals surface area contributed by atoms with Crippen LogP contribution in [0.5, 0.6) is 0 Å². The van der Waals surface area contributed by atoms with E-state index in [1.54, 1.807) is 7.05 Å². The van der Waals surface area contributed by atoms with Crippen molar-refractivity contribution in [1.29, 1.82) is 0 Å². The smallest absolute Gasteiger partial charge is 0.191 e. The second kappa shape index (κ2) is 8.88. The summed E-state index contributed by atoms with van der Waals surface area (Å²) in [5, 5.41) is 11.0. The van der Waals surface area contributed by atoms with Crippen molar-refractivity contribution in [3.8, 4) is 0 Å². The molecule has 0 saturated carbocycles. The van der Waals surface area contributed by atoms with Gasteiger partial charge in [-0.15, -0.1) is 0 Å². The Morgan fingerprint density at radius 1 is 1.15 bits per heavy atom. The SMILES string of the molecule is CCc1noc(CC)c1CNC(=NC)NCC(C)(C)c1ccccc1C. The molecule has 0 aliphatic rings. The maximum Gasteiger partial charge on any atom is 0.191 e.